The Balaban J connectivity index is 1.37. The molecule has 2 N–H and O–H groups in total. The van der Waals surface area contributed by atoms with Gasteiger partial charge in [0.15, 0.2) is 11.5 Å². The largest absolute Gasteiger partial charge is 0.504 e. The van der Waals surface area contributed by atoms with Crippen LogP contribution in [0.4, 0.5) is 0 Å². The topological polar surface area (TPSA) is 90.3 Å². The van der Waals surface area contributed by atoms with Crippen molar-refractivity contribution in [1.29, 1.82) is 0 Å². The molecule has 180 valence electrons. The number of carbonyl (C=O) groups is 2. The number of phenolic OH excluding ortho intramolecular Hbond substituents is 1. The molecular formula is C28H28N2O5. The van der Waals surface area contributed by atoms with Gasteiger partial charge in [-0.15, -0.1) is 6.58 Å². The number of phenols is 1. The van der Waals surface area contributed by atoms with Crippen LogP contribution in [0.2, 0.25) is 0 Å². The fraction of sp³-hybridized carbons (Fsp3) is 0.429. The summed E-state index contributed by atoms with van der Waals surface area (Å²) in [5.74, 6) is -0.113. The first-order valence-corrected chi connectivity index (χ1v) is 12.3. The number of piperidine rings is 1. The Morgan fingerprint density at radius 1 is 1.17 bits per heavy atom. The molecule has 6 atom stereocenters. The molecule has 7 heteroatoms. The molecule has 5 aliphatic rings. The van der Waals surface area contributed by atoms with Crippen molar-refractivity contribution in [2.75, 3.05) is 13.1 Å². The Hall–Kier alpha value is -3.16. The number of likely N-dealkylation sites (tertiary alicyclic amines) is 1. The molecule has 7 nitrogen and oxygen atoms in total. The number of nitrogens with zero attached hydrogens (tertiary/aromatic N) is 2. The molecule has 0 bridgehead atoms. The van der Waals surface area contributed by atoms with Crippen molar-refractivity contribution in [3.8, 4) is 11.5 Å². The fourth-order valence-electron chi connectivity index (χ4n) is 8.15. The van der Waals surface area contributed by atoms with Crippen molar-refractivity contribution >= 4 is 11.8 Å². The molecule has 3 fully saturated rings. The average molecular weight is 473 g/mol. The number of carbonyl (C=O) groups excluding carboxylic acids is 2. The Morgan fingerprint density at radius 3 is 2.71 bits per heavy atom. The SMILES string of the molecule is C=CCN1CC2[C@@H]1[C@]1(O)CC[C@@H](N3C(=O)c4ccc(C)cc4C3=O)[C@@H]3Oc4c(O)ccc(C)c4[C@@]231. The number of hydrogen-bond acceptors (Lipinski definition) is 6. The molecule has 2 amide bonds. The smallest absolute Gasteiger partial charge is 0.261 e. The van der Waals surface area contributed by atoms with Crippen LogP contribution in [-0.2, 0) is 5.41 Å². The fourth-order valence-corrected chi connectivity index (χ4v) is 8.15. The maximum absolute atomic E-state index is 13.6. The summed E-state index contributed by atoms with van der Waals surface area (Å²) >= 11 is 0. The zero-order valence-corrected chi connectivity index (χ0v) is 19.8. The average Bonchev–Trinajstić information content (AvgIpc) is 3.30. The van der Waals surface area contributed by atoms with Crippen LogP contribution in [0.25, 0.3) is 0 Å². The quantitative estimate of drug-likeness (QED) is 0.528. The molecule has 1 unspecified atom stereocenters. The van der Waals surface area contributed by atoms with Crippen molar-refractivity contribution in [2.45, 2.75) is 55.9 Å². The Morgan fingerprint density at radius 2 is 1.94 bits per heavy atom. The summed E-state index contributed by atoms with van der Waals surface area (Å²) in [6, 6.07) is 8.23. The number of aromatic hydroxyl groups is 1. The zero-order chi connectivity index (χ0) is 24.4. The van der Waals surface area contributed by atoms with Gasteiger partial charge in [-0.2, -0.15) is 0 Å². The summed E-state index contributed by atoms with van der Waals surface area (Å²) in [5, 5.41) is 23.1. The highest BCUT2D eigenvalue weighted by molar-refractivity contribution is 6.21. The van der Waals surface area contributed by atoms with E-state index in [4.69, 9.17) is 4.74 Å². The molecule has 2 aliphatic carbocycles. The first-order chi connectivity index (χ1) is 16.8. The van der Waals surface area contributed by atoms with Gasteiger partial charge in [-0.25, -0.2) is 0 Å². The first-order valence-electron chi connectivity index (χ1n) is 12.3. The first kappa shape index (κ1) is 21.1. The van der Waals surface area contributed by atoms with Gasteiger partial charge in [0, 0.05) is 30.6 Å². The van der Waals surface area contributed by atoms with Crippen LogP contribution in [0.3, 0.4) is 0 Å². The van der Waals surface area contributed by atoms with E-state index in [1.165, 1.54) is 4.90 Å². The molecule has 7 rings (SSSR count). The molecule has 3 aliphatic heterocycles. The Bertz CT molecular complexity index is 1350. The molecule has 35 heavy (non-hydrogen) atoms. The molecule has 3 heterocycles. The van der Waals surface area contributed by atoms with E-state index in [2.05, 4.69) is 11.5 Å². The van der Waals surface area contributed by atoms with Crippen LogP contribution in [0.1, 0.15) is 50.2 Å². The van der Waals surface area contributed by atoms with Crippen LogP contribution in [0.5, 0.6) is 11.5 Å². The van der Waals surface area contributed by atoms with E-state index in [9.17, 15) is 19.8 Å². The van der Waals surface area contributed by atoms with Crippen LogP contribution in [0.15, 0.2) is 43.0 Å². The highest BCUT2D eigenvalue weighted by atomic mass is 16.5. The highest BCUT2D eigenvalue weighted by Crippen LogP contribution is 2.73. The normalized spacial score (nSPS) is 36.3. The predicted octanol–water partition coefficient (Wildman–Crippen LogP) is 2.70. The third-order valence-electron chi connectivity index (χ3n) is 9.39. The maximum Gasteiger partial charge on any atom is 0.261 e. The van der Waals surface area contributed by atoms with Crippen LogP contribution < -0.4 is 4.74 Å². The van der Waals surface area contributed by atoms with Crippen molar-refractivity contribution in [3.63, 3.8) is 0 Å². The summed E-state index contributed by atoms with van der Waals surface area (Å²) < 4.78 is 6.51. The third kappa shape index (κ3) is 2.17. The second kappa shape index (κ2) is 6.53. The minimum absolute atomic E-state index is 0.0270. The highest BCUT2D eigenvalue weighted by Gasteiger charge is 2.85. The number of fused-ring (bicyclic) bond motifs is 4. The second-order valence-electron chi connectivity index (χ2n) is 10.9. The number of benzene rings is 2. The van der Waals surface area contributed by atoms with Gasteiger partial charge in [0.2, 0.25) is 0 Å². The van der Waals surface area contributed by atoms with E-state index in [-0.39, 0.29) is 29.5 Å². The van der Waals surface area contributed by atoms with Crippen molar-refractivity contribution in [1.82, 2.24) is 9.80 Å². The minimum Gasteiger partial charge on any atom is -0.504 e. The number of aliphatic hydroxyl groups is 1. The molecule has 1 spiro atoms. The van der Waals surface area contributed by atoms with E-state index >= 15 is 0 Å². The van der Waals surface area contributed by atoms with E-state index in [0.29, 0.717) is 36.3 Å². The number of amides is 2. The van der Waals surface area contributed by atoms with Gasteiger partial charge in [-0.3, -0.25) is 19.4 Å². The van der Waals surface area contributed by atoms with Crippen LogP contribution in [0, 0.1) is 19.8 Å². The molecule has 2 saturated carbocycles. The lowest BCUT2D eigenvalue weighted by atomic mass is 9.35. The summed E-state index contributed by atoms with van der Waals surface area (Å²) in [4.78, 5) is 30.7. The lowest BCUT2D eigenvalue weighted by Gasteiger charge is -2.77. The molecular weight excluding hydrogens is 444 g/mol. The van der Waals surface area contributed by atoms with E-state index in [0.717, 1.165) is 23.2 Å². The zero-order valence-electron chi connectivity index (χ0n) is 19.8. The van der Waals surface area contributed by atoms with E-state index in [1.807, 2.05) is 32.1 Å². The number of hydrogen-bond donors (Lipinski definition) is 2. The summed E-state index contributed by atoms with van der Waals surface area (Å²) in [7, 11) is 0. The van der Waals surface area contributed by atoms with Gasteiger partial charge in [0.05, 0.1) is 28.2 Å². The molecule has 2 aromatic rings. The number of imide groups is 1. The van der Waals surface area contributed by atoms with Gasteiger partial charge < -0.3 is 14.9 Å². The van der Waals surface area contributed by atoms with Gasteiger partial charge in [0.1, 0.15) is 6.10 Å². The van der Waals surface area contributed by atoms with E-state index < -0.39 is 23.2 Å². The molecule has 1 saturated heterocycles. The van der Waals surface area contributed by atoms with E-state index in [1.54, 1.807) is 18.2 Å². The Labute approximate surface area is 203 Å². The molecule has 2 aromatic carbocycles. The van der Waals surface area contributed by atoms with Crippen molar-refractivity contribution in [3.05, 3.63) is 70.8 Å². The van der Waals surface area contributed by atoms with Gasteiger partial charge >= 0.3 is 0 Å². The van der Waals surface area contributed by atoms with Crippen molar-refractivity contribution < 1.29 is 24.5 Å². The van der Waals surface area contributed by atoms with Crippen molar-refractivity contribution in [2.24, 2.45) is 5.92 Å². The molecule has 0 aromatic heterocycles. The lowest BCUT2D eigenvalue weighted by Crippen LogP contribution is -2.92. The van der Waals surface area contributed by atoms with Gasteiger partial charge in [-0.1, -0.05) is 23.8 Å². The monoisotopic (exact) mass is 472 g/mol. The minimum atomic E-state index is -1.08. The lowest BCUT2D eigenvalue weighted by molar-refractivity contribution is -0.318. The van der Waals surface area contributed by atoms with Gasteiger partial charge in [-0.05, 0) is 50.5 Å². The predicted molar refractivity (Wildman–Crippen MR) is 128 cm³/mol. The standard InChI is InChI=1S/C28H28N2O5/c1-4-11-29-13-18-23(29)27(34)10-9-19(30-25(32)16-7-5-14(2)12-17(16)26(30)33)24-28(18,27)21-15(3)6-8-20(31)22(21)35-24/h4-8,12,18-19,23-24,31,34H,1,9-11,13H2,2-3H3/t18?,19-,23-,24+,27-,28+/m1/s1. The number of rotatable bonds is 3. The summed E-state index contributed by atoms with van der Waals surface area (Å²) in [6.07, 6.45) is 2.10. The van der Waals surface area contributed by atoms with Crippen LogP contribution >= 0.6 is 0 Å². The number of ether oxygens (including phenoxy) is 1. The maximum atomic E-state index is 13.6. The second-order valence-corrected chi connectivity index (χ2v) is 10.9. The number of aryl methyl sites for hydroxylation is 2. The Kier molecular flexibility index (Phi) is 3.95. The summed E-state index contributed by atoms with van der Waals surface area (Å²) in [6.45, 7) is 9.20. The third-order valence-corrected chi connectivity index (χ3v) is 9.39. The summed E-state index contributed by atoms with van der Waals surface area (Å²) in [5.41, 5.74) is 1.66. The molecule has 0 radical (unpaired) electrons. The van der Waals surface area contributed by atoms with Crippen LogP contribution in [-0.4, -0.2) is 68.7 Å². The van der Waals surface area contributed by atoms with Gasteiger partial charge in [0.25, 0.3) is 11.8 Å².